The van der Waals surface area contributed by atoms with Gasteiger partial charge in [-0.1, -0.05) is 11.6 Å². The molecule has 1 aromatic carbocycles. The van der Waals surface area contributed by atoms with Crippen molar-refractivity contribution < 1.29 is 17.6 Å². The first-order valence-corrected chi connectivity index (χ1v) is 12.5. The van der Waals surface area contributed by atoms with Crippen molar-refractivity contribution in [1.82, 2.24) is 9.29 Å². The zero-order valence-corrected chi connectivity index (χ0v) is 19.3. The number of anilines is 1. The van der Waals surface area contributed by atoms with E-state index < -0.39 is 10.0 Å². The average Bonchev–Trinajstić information content (AvgIpc) is 3.50. The second-order valence-electron chi connectivity index (χ2n) is 6.46. The molecule has 3 aromatic heterocycles. The zero-order valence-electron chi connectivity index (χ0n) is 16.1. The molecular formula is C20H16ClN3O4S3. The third-order valence-corrected chi connectivity index (χ3v) is 8.16. The van der Waals surface area contributed by atoms with Gasteiger partial charge in [-0.05, 0) is 48.5 Å². The number of furan rings is 1. The lowest BCUT2D eigenvalue weighted by molar-refractivity contribution is 0.102. The van der Waals surface area contributed by atoms with Crippen molar-refractivity contribution in [3.63, 3.8) is 0 Å². The third kappa shape index (κ3) is 4.89. The van der Waals surface area contributed by atoms with Crippen molar-refractivity contribution >= 4 is 55.3 Å². The Balaban J connectivity index is 1.44. The van der Waals surface area contributed by atoms with Crippen LogP contribution in [0.1, 0.15) is 16.1 Å². The molecule has 0 bridgehead atoms. The Bertz CT molecular complexity index is 1300. The van der Waals surface area contributed by atoms with Crippen molar-refractivity contribution in [2.45, 2.75) is 11.4 Å². The van der Waals surface area contributed by atoms with E-state index in [1.165, 1.54) is 64.6 Å². The summed E-state index contributed by atoms with van der Waals surface area (Å²) in [5.74, 6) is 0.160. The van der Waals surface area contributed by atoms with Gasteiger partial charge in [0.1, 0.15) is 5.76 Å². The molecule has 0 fully saturated rings. The van der Waals surface area contributed by atoms with Gasteiger partial charge in [0.05, 0.1) is 32.6 Å². The van der Waals surface area contributed by atoms with Crippen LogP contribution in [0.5, 0.6) is 0 Å². The summed E-state index contributed by atoms with van der Waals surface area (Å²) in [7, 11) is -2.25. The maximum absolute atomic E-state index is 12.7. The maximum atomic E-state index is 12.7. The van der Waals surface area contributed by atoms with Gasteiger partial charge in [0.15, 0.2) is 5.13 Å². The first kappa shape index (κ1) is 21.7. The number of carbonyl (C=O) groups is 1. The summed E-state index contributed by atoms with van der Waals surface area (Å²) >= 11 is 8.66. The van der Waals surface area contributed by atoms with Gasteiger partial charge in [-0.3, -0.25) is 10.1 Å². The fraction of sp³-hybridized carbons (Fsp3) is 0.100. The number of nitrogens with one attached hydrogen (secondary N) is 1. The molecule has 160 valence electrons. The molecule has 0 saturated heterocycles. The Morgan fingerprint density at radius 2 is 1.97 bits per heavy atom. The molecule has 1 amide bonds. The molecule has 7 nitrogen and oxygen atoms in total. The van der Waals surface area contributed by atoms with E-state index in [0.29, 0.717) is 20.8 Å². The standard InChI is InChI=1S/C20H16ClN3O4S3/c1-24(11-14-3-2-10-28-14)31(26,27)15-6-4-13(5-7-15)19(25)23-20-22-16(12-29-20)17-8-9-18(21)30-17/h2-10,12H,11H2,1H3,(H,22,23,25). The van der Waals surface area contributed by atoms with Crippen molar-refractivity contribution in [3.05, 3.63) is 75.8 Å². The number of aromatic nitrogens is 1. The van der Waals surface area contributed by atoms with Crippen molar-refractivity contribution in [1.29, 1.82) is 0 Å². The highest BCUT2D eigenvalue weighted by Gasteiger charge is 2.22. The van der Waals surface area contributed by atoms with Gasteiger partial charge in [0, 0.05) is 18.0 Å². The summed E-state index contributed by atoms with van der Waals surface area (Å²) in [5.41, 5.74) is 1.06. The van der Waals surface area contributed by atoms with Crippen molar-refractivity contribution in [2.24, 2.45) is 0 Å². The Morgan fingerprint density at radius 1 is 1.19 bits per heavy atom. The molecule has 0 saturated carbocycles. The van der Waals surface area contributed by atoms with E-state index in [-0.39, 0.29) is 17.3 Å². The minimum atomic E-state index is -3.72. The minimum Gasteiger partial charge on any atom is -0.468 e. The third-order valence-electron chi connectivity index (χ3n) is 4.33. The van der Waals surface area contributed by atoms with Gasteiger partial charge in [0.2, 0.25) is 10.0 Å². The van der Waals surface area contributed by atoms with Crippen molar-refractivity contribution in [2.75, 3.05) is 12.4 Å². The van der Waals surface area contributed by atoms with E-state index in [9.17, 15) is 13.2 Å². The van der Waals surface area contributed by atoms with Crippen LogP contribution in [0.25, 0.3) is 10.6 Å². The number of thiophene rings is 1. The number of hydrogen-bond acceptors (Lipinski definition) is 7. The number of sulfonamides is 1. The summed E-state index contributed by atoms with van der Waals surface area (Å²) in [6, 6.07) is 12.8. The first-order chi connectivity index (χ1) is 14.8. The molecule has 4 rings (SSSR count). The van der Waals surface area contributed by atoms with E-state index in [0.717, 1.165) is 10.6 Å². The highest BCUT2D eigenvalue weighted by atomic mass is 35.5. The van der Waals surface area contributed by atoms with E-state index in [2.05, 4.69) is 10.3 Å². The van der Waals surface area contributed by atoms with Crippen molar-refractivity contribution in [3.8, 4) is 10.6 Å². The Kier molecular flexibility index (Phi) is 6.26. The summed E-state index contributed by atoms with van der Waals surface area (Å²) in [6.07, 6.45) is 1.49. The van der Waals surface area contributed by atoms with Gasteiger partial charge in [-0.2, -0.15) is 4.31 Å². The number of nitrogens with zero attached hydrogens (tertiary/aromatic N) is 2. The fourth-order valence-electron chi connectivity index (χ4n) is 2.73. The molecular weight excluding hydrogens is 478 g/mol. The molecule has 4 aromatic rings. The lowest BCUT2D eigenvalue weighted by Crippen LogP contribution is -2.26. The van der Waals surface area contributed by atoms with Crippen LogP contribution in [0.2, 0.25) is 4.34 Å². The highest BCUT2D eigenvalue weighted by molar-refractivity contribution is 7.89. The van der Waals surface area contributed by atoms with Crippen LogP contribution in [0.4, 0.5) is 5.13 Å². The number of benzene rings is 1. The number of hydrogen-bond donors (Lipinski definition) is 1. The number of halogens is 1. The molecule has 0 radical (unpaired) electrons. The van der Waals surface area contributed by atoms with E-state index in [1.807, 2.05) is 11.4 Å². The van der Waals surface area contributed by atoms with Gasteiger partial charge < -0.3 is 4.42 Å². The van der Waals surface area contributed by atoms with Gasteiger partial charge in [-0.15, -0.1) is 22.7 Å². The van der Waals surface area contributed by atoms with E-state index in [1.54, 1.807) is 18.2 Å². The monoisotopic (exact) mass is 493 g/mol. The number of amides is 1. The Morgan fingerprint density at radius 3 is 2.61 bits per heavy atom. The molecule has 31 heavy (non-hydrogen) atoms. The van der Waals surface area contributed by atoms with E-state index in [4.69, 9.17) is 16.0 Å². The summed E-state index contributed by atoms with van der Waals surface area (Å²) in [4.78, 5) is 17.9. The second kappa shape index (κ2) is 8.93. The number of thiazole rings is 1. The lowest BCUT2D eigenvalue weighted by Gasteiger charge is -2.16. The molecule has 1 N–H and O–H groups in total. The normalized spacial score (nSPS) is 11.7. The van der Waals surface area contributed by atoms with Crippen LogP contribution in [-0.2, 0) is 16.6 Å². The lowest BCUT2D eigenvalue weighted by atomic mass is 10.2. The molecule has 3 heterocycles. The van der Waals surface area contributed by atoms with Crippen LogP contribution in [0.15, 0.2) is 69.5 Å². The molecule has 0 atom stereocenters. The van der Waals surface area contributed by atoms with Gasteiger partial charge in [-0.25, -0.2) is 13.4 Å². The minimum absolute atomic E-state index is 0.0872. The number of carbonyl (C=O) groups excluding carboxylic acids is 1. The molecule has 0 aliphatic carbocycles. The number of rotatable bonds is 7. The molecule has 11 heteroatoms. The predicted octanol–water partition coefficient (Wildman–Crippen LogP) is 5.19. The van der Waals surface area contributed by atoms with Crippen LogP contribution < -0.4 is 5.32 Å². The highest BCUT2D eigenvalue weighted by Crippen LogP contribution is 2.33. The van der Waals surface area contributed by atoms with Crippen LogP contribution in [0.3, 0.4) is 0 Å². The predicted molar refractivity (Wildman–Crippen MR) is 122 cm³/mol. The Labute approximate surface area is 192 Å². The second-order valence-corrected chi connectivity index (χ2v) is 11.1. The van der Waals surface area contributed by atoms with E-state index >= 15 is 0 Å². The largest absolute Gasteiger partial charge is 0.468 e. The Hall–Kier alpha value is -2.50. The quantitative estimate of drug-likeness (QED) is 0.382. The summed E-state index contributed by atoms with van der Waals surface area (Å²) in [5, 5.41) is 5.01. The summed E-state index contributed by atoms with van der Waals surface area (Å²) in [6.45, 7) is 0.111. The molecule has 0 spiro atoms. The maximum Gasteiger partial charge on any atom is 0.257 e. The SMILES string of the molecule is CN(Cc1ccco1)S(=O)(=O)c1ccc(C(=O)Nc2nc(-c3ccc(Cl)s3)cs2)cc1. The summed E-state index contributed by atoms with van der Waals surface area (Å²) < 4.78 is 32.5. The fourth-order valence-corrected chi connectivity index (χ4v) is 5.65. The smallest absolute Gasteiger partial charge is 0.257 e. The van der Waals surface area contributed by atoms with Crippen LogP contribution in [-0.4, -0.2) is 30.7 Å². The molecule has 0 aliphatic rings. The van der Waals surface area contributed by atoms with Gasteiger partial charge in [0.25, 0.3) is 5.91 Å². The zero-order chi connectivity index (χ0) is 22.0. The topological polar surface area (TPSA) is 92.5 Å². The van der Waals surface area contributed by atoms with Crippen LogP contribution >= 0.6 is 34.3 Å². The first-order valence-electron chi connectivity index (χ1n) is 8.94. The molecule has 0 aliphatic heterocycles. The van der Waals surface area contributed by atoms with Crippen LogP contribution in [0, 0.1) is 0 Å². The average molecular weight is 494 g/mol. The van der Waals surface area contributed by atoms with Gasteiger partial charge >= 0.3 is 0 Å². The molecule has 0 unspecified atom stereocenters.